The van der Waals surface area contributed by atoms with Crippen molar-refractivity contribution in [3.63, 3.8) is 0 Å². The molecule has 2 aliphatic rings. The molecular formula is C17H29N3O7. The maximum atomic E-state index is 10.5. The highest BCUT2D eigenvalue weighted by Crippen LogP contribution is 2.39. The molecular weight excluding hydrogens is 358 g/mol. The van der Waals surface area contributed by atoms with Gasteiger partial charge in [-0.1, -0.05) is 0 Å². The summed E-state index contributed by atoms with van der Waals surface area (Å²) < 4.78 is 7.97. The van der Waals surface area contributed by atoms with Gasteiger partial charge in [-0.15, -0.1) is 0 Å². The molecule has 27 heavy (non-hydrogen) atoms. The van der Waals surface area contributed by atoms with Crippen molar-refractivity contribution in [3.8, 4) is 0 Å². The van der Waals surface area contributed by atoms with Gasteiger partial charge in [-0.3, -0.25) is 9.59 Å². The van der Waals surface area contributed by atoms with Crippen molar-refractivity contribution >= 4 is 12.9 Å². The van der Waals surface area contributed by atoms with Gasteiger partial charge in [0.25, 0.3) is 12.9 Å². The molecule has 3 rings (SSSR count). The third-order valence-corrected chi connectivity index (χ3v) is 5.02. The molecule has 0 bridgehead atoms. The number of ether oxygens (including phenoxy) is 1. The molecule has 1 spiro atoms. The van der Waals surface area contributed by atoms with Crippen LogP contribution in [0.1, 0.15) is 26.2 Å². The summed E-state index contributed by atoms with van der Waals surface area (Å²) in [5, 5.41) is 34.6. The molecule has 10 nitrogen and oxygen atoms in total. The summed E-state index contributed by atoms with van der Waals surface area (Å²) in [6.45, 7) is 5.42. The van der Waals surface area contributed by atoms with E-state index in [2.05, 4.69) is 14.5 Å². The molecule has 0 radical (unpaired) electrons. The zero-order chi connectivity index (χ0) is 20.3. The Labute approximate surface area is 158 Å². The SMILES string of the molecule is C[C@@]1(O)CCOC2(CCN(CCn3ccnc3)CC2)[C@H]1O.O=CO.O=CO. The van der Waals surface area contributed by atoms with Crippen molar-refractivity contribution in [1.82, 2.24) is 14.5 Å². The Morgan fingerprint density at radius 2 is 1.78 bits per heavy atom. The van der Waals surface area contributed by atoms with E-state index in [4.69, 9.17) is 24.5 Å². The van der Waals surface area contributed by atoms with Gasteiger partial charge in [-0.05, 0) is 19.8 Å². The van der Waals surface area contributed by atoms with Gasteiger partial charge in [-0.2, -0.15) is 0 Å². The first-order chi connectivity index (χ1) is 12.8. The molecule has 0 amide bonds. The van der Waals surface area contributed by atoms with Crippen LogP contribution in [0.25, 0.3) is 0 Å². The van der Waals surface area contributed by atoms with E-state index in [1.54, 1.807) is 13.1 Å². The third-order valence-electron chi connectivity index (χ3n) is 5.02. The number of carboxylic acid groups (broad SMARTS) is 2. The van der Waals surface area contributed by atoms with Crippen molar-refractivity contribution < 1.29 is 34.8 Å². The summed E-state index contributed by atoms with van der Waals surface area (Å²) in [7, 11) is 0. The lowest BCUT2D eigenvalue weighted by Crippen LogP contribution is -2.64. The average Bonchev–Trinajstić information content (AvgIpc) is 3.14. The number of imidazole rings is 1. The molecule has 1 aromatic rings. The second-order valence-corrected chi connectivity index (χ2v) is 6.78. The van der Waals surface area contributed by atoms with Crippen molar-refractivity contribution in [3.05, 3.63) is 18.7 Å². The number of piperidine rings is 1. The second-order valence-electron chi connectivity index (χ2n) is 6.78. The maximum Gasteiger partial charge on any atom is 0.290 e. The molecule has 0 aliphatic carbocycles. The smallest absolute Gasteiger partial charge is 0.290 e. The van der Waals surface area contributed by atoms with Crippen molar-refractivity contribution in [2.75, 3.05) is 26.2 Å². The molecule has 2 atom stereocenters. The van der Waals surface area contributed by atoms with Gasteiger partial charge in [0.05, 0.1) is 24.1 Å². The summed E-state index contributed by atoms with van der Waals surface area (Å²) in [5.41, 5.74) is -1.59. The van der Waals surface area contributed by atoms with E-state index in [0.717, 1.165) is 39.0 Å². The van der Waals surface area contributed by atoms with E-state index in [1.165, 1.54) is 0 Å². The first-order valence-electron chi connectivity index (χ1n) is 8.73. The normalized spacial score (nSPS) is 26.9. The molecule has 0 aromatic carbocycles. The van der Waals surface area contributed by atoms with Crippen molar-refractivity contribution in [2.45, 2.75) is 50.0 Å². The molecule has 4 N–H and O–H groups in total. The Kier molecular flexibility index (Phi) is 9.36. The number of aliphatic hydroxyl groups excluding tert-OH is 1. The number of aliphatic hydroxyl groups is 2. The molecule has 0 saturated carbocycles. The number of nitrogens with zero attached hydrogens (tertiary/aromatic N) is 3. The monoisotopic (exact) mass is 387 g/mol. The fraction of sp³-hybridized carbons (Fsp3) is 0.706. The Morgan fingerprint density at radius 3 is 2.30 bits per heavy atom. The number of carbonyl (C=O) groups is 2. The Bertz CT molecular complexity index is 537. The molecule has 3 heterocycles. The summed E-state index contributed by atoms with van der Waals surface area (Å²) in [5.74, 6) is 0. The van der Waals surface area contributed by atoms with Crippen LogP contribution in [0, 0.1) is 0 Å². The van der Waals surface area contributed by atoms with Gasteiger partial charge in [0, 0.05) is 45.0 Å². The minimum Gasteiger partial charge on any atom is -0.483 e. The van der Waals surface area contributed by atoms with Crippen LogP contribution in [-0.4, -0.2) is 91.4 Å². The predicted molar refractivity (Wildman–Crippen MR) is 95.2 cm³/mol. The summed E-state index contributed by atoms with van der Waals surface area (Å²) in [4.78, 5) is 23.1. The van der Waals surface area contributed by atoms with Crippen LogP contribution in [-0.2, 0) is 20.9 Å². The van der Waals surface area contributed by atoms with Crippen LogP contribution in [0.2, 0.25) is 0 Å². The standard InChI is InChI=1S/C15H25N3O3.2CH2O2/c1-14(20)4-11-21-15(13(14)19)2-6-17(7-3-15)9-10-18-8-5-16-12-18;2*2-1-3/h5,8,12-13,19-20H,2-4,6-7,9-11H2,1H3;2*1H,(H,2,3)/t13-,14+;;/m0../s1. The lowest BCUT2D eigenvalue weighted by atomic mass is 9.75. The van der Waals surface area contributed by atoms with Gasteiger partial charge < -0.3 is 34.6 Å². The molecule has 0 unspecified atom stereocenters. The Hall–Kier alpha value is -2.01. The molecule has 2 saturated heterocycles. The van der Waals surface area contributed by atoms with Gasteiger partial charge >= 0.3 is 0 Å². The van der Waals surface area contributed by atoms with E-state index in [9.17, 15) is 10.2 Å². The quantitative estimate of drug-likeness (QED) is 0.511. The number of likely N-dealkylation sites (tertiary alicyclic amines) is 1. The highest BCUT2D eigenvalue weighted by Gasteiger charge is 2.52. The molecule has 2 aliphatic heterocycles. The lowest BCUT2D eigenvalue weighted by Gasteiger charge is -2.51. The van der Waals surface area contributed by atoms with Crippen LogP contribution in [0.3, 0.4) is 0 Å². The maximum absolute atomic E-state index is 10.5. The molecule has 2 fully saturated rings. The lowest BCUT2D eigenvalue weighted by molar-refractivity contribution is -0.246. The van der Waals surface area contributed by atoms with E-state index in [0.29, 0.717) is 13.0 Å². The summed E-state index contributed by atoms with van der Waals surface area (Å²) in [6.07, 6.45) is 6.84. The highest BCUT2D eigenvalue weighted by molar-refractivity contribution is 5.33. The van der Waals surface area contributed by atoms with Crippen LogP contribution in [0.4, 0.5) is 0 Å². The summed E-state index contributed by atoms with van der Waals surface area (Å²) >= 11 is 0. The molecule has 1 aromatic heterocycles. The largest absolute Gasteiger partial charge is 0.483 e. The van der Waals surface area contributed by atoms with Gasteiger partial charge in [-0.25, -0.2) is 4.98 Å². The van der Waals surface area contributed by atoms with Gasteiger partial charge in [0.15, 0.2) is 0 Å². The molecule has 10 heteroatoms. The summed E-state index contributed by atoms with van der Waals surface area (Å²) in [6, 6.07) is 0. The van der Waals surface area contributed by atoms with Crippen molar-refractivity contribution in [1.29, 1.82) is 0 Å². The second kappa shape index (κ2) is 11.0. The highest BCUT2D eigenvalue weighted by atomic mass is 16.5. The number of rotatable bonds is 3. The van der Waals surface area contributed by atoms with Crippen LogP contribution in [0.5, 0.6) is 0 Å². The third kappa shape index (κ3) is 6.58. The van der Waals surface area contributed by atoms with E-state index in [-0.39, 0.29) is 12.9 Å². The average molecular weight is 387 g/mol. The van der Waals surface area contributed by atoms with Crippen LogP contribution in [0.15, 0.2) is 18.7 Å². The fourth-order valence-electron chi connectivity index (χ4n) is 3.49. The minimum atomic E-state index is -1.03. The minimum absolute atomic E-state index is 0.250. The Balaban J connectivity index is 0.000000540. The first kappa shape index (κ1) is 23.0. The van der Waals surface area contributed by atoms with Crippen LogP contribution < -0.4 is 0 Å². The molecule has 154 valence electrons. The Morgan fingerprint density at radius 1 is 1.19 bits per heavy atom. The van der Waals surface area contributed by atoms with Crippen molar-refractivity contribution in [2.24, 2.45) is 0 Å². The zero-order valence-electron chi connectivity index (χ0n) is 15.5. The van der Waals surface area contributed by atoms with Crippen LogP contribution >= 0.6 is 0 Å². The topological polar surface area (TPSA) is 145 Å². The number of hydrogen-bond acceptors (Lipinski definition) is 7. The van der Waals surface area contributed by atoms with E-state index in [1.807, 2.05) is 12.5 Å². The first-order valence-corrected chi connectivity index (χ1v) is 8.73. The predicted octanol–water partition coefficient (Wildman–Crippen LogP) is -0.348. The van der Waals surface area contributed by atoms with E-state index >= 15 is 0 Å². The number of aromatic nitrogens is 2. The van der Waals surface area contributed by atoms with Gasteiger partial charge in [0.1, 0.15) is 6.10 Å². The number of hydrogen-bond donors (Lipinski definition) is 4. The van der Waals surface area contributed by atoms with E-state index < -0.39 is 17.3 Å². The van der Waals surface area contributed by atoms with Gasteiger partial charge in [0.2, 0.25) is 0 Å². The zero-order valence-corrected chi connectivity index (χ0v) is 15.5. The fourth-order valence-corrected chi connectivity index (χ4v) is 3.49.